The van der Waals surface area contributed by atoms with E-state index >= 15 is 0 Å². The number of para-hydroxylation sites is 2. The molecular weight excluding hydrogens is 619 g/mol. The van der Waals surface area contributed by atoms with Crippen LogP contribution < -0.4 is 14.4 Å². The van der Waals surface area contributed by atoms with Crippen molar-refractivity contribution in [3.05, 3.63) is 178 Å². The molecule has 0 fully saturated rings. The van der Waals surface area contributed by atoms with E-state index < -0.39 is 0 Å². The number of anilines is 2. The van der Waals surface area contributed by atoms with Gasteiger partial charge in [-0.1, -0.05) is 99.5 Å². The van der Waals surface area contributed by atoms with Crippen molar-refractivity contribution in [2.45, 2.75) is 73.1 Å². The van der Waals surface area contributed by atoms with Crippen LogP contribution >= 0.6 is 0 Å². The second-order valence-corrected chi connectivity index (χ2v) is 15.3. The fraction of sp³-hybridized carbons (Fsp3) is 0.271. The number of likely N-dealkylation sites (N-methyl/N-ethyl adjacent to an activating group) is 2. The first-order valence-corrected chi connectivity index (χ1v) is 18.6. The minimum atomic E-state index is -0.114. The zero-order chi connectivity index (χ0) is 36.1. The summed E-state index contributed by atoms with van der Waals surface area (Å²) in [5.41, 5.74) is 17.6. The lowest BCUT2D eigenvalue weighted by Crippen LogP contribution is -2.26. The molecule has 51 heavy (non-hydrogen) atoms. The van der Waals surface area contributed by atoms with Gasteiger partial charge in [0, 0.05) is 76.5 Å². The first-order valence-electron chi connectivity index (χ1n) is 18.6. The summed E-state index contributed by atoms with van der Waals surface area (Å²) in [7, 11) is 0. The third-order valence-electron chi connectivity index (χ3n) is 11.1. The van der Waals surface area contributed by atoms with Gasteiger partial charge in [-0.25, -0.2) is 0 Å². The maximum atomic E-state index is 2.49. The molecule has 4 aromatic carbocycles. The van der Waals surface area contributed by atoms with Crippen LogP contribution in [0.1, 0.15) is 70.7 Å². The normalized spacial score (nSPS) is 20.5. The summed E-state index contributed by atoms with van der Waals surface area (Å²) in [6.07, 6.45) is 11.9. The van der Waals surface area contributed by atoms with Gasteiger partial charge in [-0.15, -0.1) is 0 Å². The molecule has 1 aliphatic carbocycles. The van der Waals surface area contributed by atoms with E-state index in [-0.39, 0.29) is 10.8 Å². The number of nitrogens with zero attached hydrogens (tertiary/aromatic N) is 3. The number of hydrogen-bond acceptors (Lipinski definition) is 2. The van der Waals surface area contributed by atoms with E-state index in [4.69, 9.17) is 0 Å². The second-order valence-electron chi connectivity index (χ2n) is 15.3. The number of rotatable bonds is 6. The standard InChI is InChI=1S/C48H52N3/c1-10-49-42-26-22-33(3)30-40(42)47(6,7)44(49)28-24-36-32-35(5)39(46(36)51(37-18-14-12-15-19-37)38-20-16-13-17-21-38)25-29-45-48(8,9)41-31-34(4)23-27-43(41)50(45)11-2/h12-32H,10-11H2,1-9H3/q+1. The van der Waals surface area contributed by atoms with Gasteiger partial charge in [0.25, 0.3) is 0 Å². The summed E-state index contributed by atoms with van der Waals surface area (Å²) < 4.78 is 2.44. The van der Waals surface area contributed by atoms with Gasteiger partial charge in [0.2, 0.25) is 17.1 Å². The van der Waals surface area contributed by atoms with Gasteiger partial charge in [0.15, 0.2) is 0 Å². The fourth-order valence-electron chi connectivity index (χ4n) is 8.46. The SMILES string of the molecule is CCN1/C(=C/C=C2C=C(C)/C(=C\C=C3\N(CC)c4ccc(C)cc4C3(C)C)C\2=[N+](c2ccccc2)c2ccccc2)C(C)(C)c2cc(C)ccc21. The molecule has 0 bridgehead atoms. The predicted octanol–water partition coefficient (Wildman–Crippen LogP) is 11.8. The van der Waals surface area contributed by atoms with Gasteiger partial charge in [-0.2, -0.15) is 4.58 Å². The first-order chi connectivity index (χ1) is 24.5. The summed E-state index contributed by atoms with van der Waals surface area (Å²) in [4.78, 5) is 4.99. The Hall–Kier alpha value is -5.15. The maximum absolute atomic E-state index is 2.49. The van der Waals surface area contributed by atoms with Crippen LogP contribution in [0.15, 0.2) is 156 Å². The van der Waals surface area contributed by atoms with E-state index in [0.29, 0.717) is 0 Å². The smallest absolute Gasteiger partial charge is 0.226 e. The van der Waals surface area contributed by atoms with Crippen LogP contribution in [-0.4, -0.2) is 18.8 Å². The van der Waals surface area contributed by atoms with Gasteiger partial charge >= 0.3 is 0 Å². The van der Waals surface area contributed by atoms with Crippen molar-refractivity contribution in [2.75, 3.05) is 22.9 Å². The van der Waals surface area contributed by atoms with Crippen LogP contribution in [0.25, 0.3) is 0 Å². The Morgan fingerprint density at radius 3 is 1.47 bits per heavy atom. The predicted molar refractivity (Wildman–Crippen MR) is 220 cm³/mol. The molecule has 2 heterocycles. The summed E-state index contributed by atoms with van der Waals surface area (Å²) >= 11 is 0. The maximum Gasteiger partial charge on any atom is 0.226 e. The number of allylic oxidation sites excluding steroid dienone is 10. The largest absolute Gasteiger partial charge is 0.344 e. The molecule has 7 rings (SSSR count). The Bertz CT molecular complexity index is 2140. The van der Waals surface area contributed by atoms with Gasteiger partial charge < -0.3 is 9.80 Å². The molecule has 4 aromatic rings. The Kier molecular flexibility index (Phi) is 8.87. The van der Waals surface area contributed by atoms with E-state index in [0.717, 1.165) is 24.5 Å². The highest BCUT2D eigenvalue weighted by Crippen LogP contribution is 2.49. The van der Waals surface area contributed by atoms with Crippen molar-refractivity contribution < 1.29 is 0 Å². The molecular formula is C48H52N3+. The third-order valence-corrected chi connectivity index (χ3v) is 11.1. The highest BCUT2D eigenvalue weighted by Gasteiger charge is 2.41. The second kappa shape index (κ2) is 13.2. The van der Waals surface area contributed by atoms with Crippen molar-refractivity contribution in [2.24, 2.45) is 0 Å². The van der Waals surface area contributed by atoms with Gasteiger partial charge in [-0.05, 0) is 93.8 Å². The van der Waals surface area contributed by atoms with E-state index in [1.165, 1.54) is 67.5 Å². The lowest BCUT2D eigenvalue weighted by Gasteiger charge is -2.26. The number of hydrogen-bond donors (Lipinski definition) is 0. The molecule has 0 aromatic heterocycles. The van der Waals surface area contributed by atoms with Crippen molar-refractivity contribution in [1.29, 1.82) is 0 Å². The van der Waals surface area contributed by atoms with Crippen molar-refractivity contribution in [3.8, 4) is 0 Å². The van der Waals surface area contributed by atoms with Crippen molar-refractivity contribution in [3.63, 3.8) is 0 Å². The van der Waals surface area contributed by atoms with Gasteiger partial charge in [0.1, 0.15) is 0 Å². The molecule has 3 heteroatoms. The molecule has 3 nitrogen and oxygen atoms in total. The molecule has 2 aliphatic heterocycles. The molecule has 0 radical (unpaired) electrons. The number of aryl methyl sites for hydroxylation is 2. The van der Waals surface area contributed by atoms with E-state index in [9.17, 15) is 0 Å². The number of fused-ring (bicyclic) bond motifs is 2. The van der Waals surface area contributed by atoms with Crippen LogP contribution in [0, 0.1) is 13.8 Å². The fourth-order valence-corrected chi connectivity index (χ4v) is 8.46. The van der Waals surface area contributed by atoms with Crippen molar-refractivity contribution >= 4 is 28.5 Å². The topological polar surface area (TPSA) is 9.49 Å². The van der Waals surface area contributed by atoms with E-state index in [1.807, 2.05) is 0 Å². The summed E-state index contributed by atoms with van der Waals surface area (Å²) in [5.74, 6) is 0. The zero-order valence-corrected chi connectivity index (χ0v) is 31.9. The highest BCUT2D eigenvalue weighted by atomic mass is 15.2. The molecule has 0 atom stereocenters. The van der Waals surface area contributed by atoms with Crippen LogP contribution in [0.3, 0.4) is 0 Å². The Labute approximate surface area is 306 Å². The van der Waals surface area contributed by atoms with Crippen LogP contribution in [0.5, 0.6) is 0 Å². The number of benzene rings is 4. The van der Waals surface area contributed by atoms with Gasteiger partial charge in [-0.3, -0.25) is 0 Å². The monoisotopic (exact) mass is 670 g/mol. The lowest BCUT2D eigenvalue weighted by molar-refractivity contribution is 0.633. The summed E-state index contributed by atoms with van der Waals surface area (Å²) in [5, 5.41) is 0. The molecule has 0 amide bonds. The first kappa shape index (κ1) is 34.3. The molecule has 0 N–H and O–H groups in total. The summed E-state index contributed by atoms with van der Waals surface area (Å²) in [6, 6.07) is 35.4. The van der Waals surface area contributed by atoms with Crippen LogP contribution in [-0.2, 0) is 10.8 Å². The molecule has 0 spiro atoms. The van der Waals surface area contributed by atoms with Crippen LogP contribution in [0.4, 0.5) is 22.7 Å². The highest BCUT2D eigenvalue weighted by molar-refractivity contribution is 6.22. The zero-order valence-electron chi connectivity index (χ0n) is 31.9. The summed E-state index contributed by atoms with van der Waals surface area (Å²) in [6.45, 7) is 22.5. The van der Waals surface area contributed by atoms with Crippen LogP contribution in [0.2, 0.25) is 0 Å². The molecule has 0 unspecified atom stereocenters. The molecule has 0 saturated heterocycles. The average molecular weight is 671 g/mol. The van der Waals surface area contributed by atoms with Gasteiger partial charge in [0.05, 0.1) is 5.57 Å². The Balaban J connectivity index is 1.45. The van der Waals surface area contributed by atoms with E-state index in [2.05, 4.69) is 204 Å². The van der Waals surface area contributed by atoms with E-state index in [1.54, 1.807) is 0 Å². The average Bonchev–Trinajstić information content (AvgIpc) is 3.63. The minimum absolute atomic E-state index is 0.112. The van der Waals surface area contributed by atoms with Crippen molar-refractivity contribution in [1.82, 2.24) is 4.58 Å². The molecule has 3 aliphatic rings. The Morgan fingerprint density at radius 1 is 0.569 bits per heavy atom. The molecule has 258 valence electrons. The Morgan fingerprint density at radius 2 is 1.02 bits per heavy atom. The third kappa shape index (κ3) is 5.83. The quantitative estimate of drug-likeness (QED) is 0.189. The molecule has 0 saturated carbocycles. The minimum Gasteiger partial charge on any atom is -0.344 e. The lowest BCUT2D eigenvalue weighted by atomic mass is 9.83.